The van der Waals surface area contributed by atoms with E-state index in [0.717, 1.165) is 18.5 Å². The lowest BCUT2D eigenvalue weighted by atomic mass is 10.2. The first kappa shape index (κ1) is 27.1. The van der Waals surface area contributed by atoms with E-state index in [-0.39, 0.29) is 29.1 Å². The second kappa shape index (κ2) is 10.4. The van der Waals surface area contributed by atoms with Gasteiger partial charge in [-0.2, -0.15) is 0 Å². The van der Waals surface area contributed by atoms with E-state index in [1.807, 2.05) is 0 Å². The van der Waals surface area contributed by atoms with Crippen molar-refractivity contribution in [3.63, 3.8) is 0 Å². The highest BCUT2D eigenvalue weighted by Gasteiger charge is 2.42. The number of urea groups is 1. The highest BCUT2D eigenvalue weighted by Crippen LogP contribution is 2.45. The third-order valence-electron chi connectivity index (χ3n) is 4.88. The third-order valence-corrected chi connectivity index (χ3v) is 5.91. The number of halogens is 2. The number of benzene rings is 1. The molecule has 0 radical (unpaired) electrons. The number of imidazole rings is 1. The summed E-state index contributed by atoms with van der Waals surface area (Å²) in [7, 11) is -9.93. The number of nitrogens with zero attached hydrogens (tertiary/aromatic N) is 4. The molecule has 37 heavy (non-hydrogen) atoms. The summed E-state index contributed by atoms with van der Waals surface area (Å²) in [5.74, 6) is -1.90. The van der Waals surface area contributed by atoms with Crippen LogP contribution in [0.25, 0.3) is 11.2 Å². The number of fused-ring (bicyclic) bond motifs is 1. The lowest BCUT2D eigenvalue weighted by Crippen LogP contribution is -2.28. The average Bonchev–Trinajstić information content (AvgIpc) is 3.34. The van der Waals surface area contributed by atoms with Crippen molar-refractivity contribution in [2.45, 2.75) is 24.9 Å². The van der Waals surface area contributed by atoms with E-state index in [9.17, 15) is 32.5 Å². The molecule has 1 aliphatic heterocycles. The number of phosphoric ester groups is 2. The smallest absolute Gasteiger partial charge is 0.349 e. The highest BCUT2D eigenvalue weighted by atomic mass is 31.2. The van der Waals surface area contributed by atoms with E-state index in [1.165, 1.54) is 10.9 Å². The summed E-state index contributed by atoms with van der Waals surface area (Å²) in [5, 5.41) is 4.61. The van der Waals surface area contributed by atoms with Gasteiger partial charge >= 0.3 is 21.7 Å². The largest absolute Gasteiger partial charge is 0.469 e. The molecule has 20 heteroatoms. The minimum atomic E-state index is -5.01. The van der Waals surface area contributed by atoms with Crippen LogP contribution in [0, 0.1) is 11.6 Å². The summed E-state index contributed by atoms with van der Waals surface area (Å²) >= 11 is 0. The van der Waals surface area contributed by atoms with E-state index in [4.69, 9.17) is 19.0 Å². The van der Waals surface area contributed by atoms with Gasteiger partial charge in [0.05, 0.1) is 12.9 Å². The van der Waals surface area contributed by atoms with E-state index in [2.05, 4.69) is 30.1 Å². The first-order valence-electron chi connectivity index (χ1n) is 10.1. The molecule has 6 N–H and O–H groups in total. The van der Waals surface area contributed by atoms with Crippen molar-refractivity contribution in [3.8, 4) is 0 Å². The Labute approximate surface area is 205 Å². The van der Waals surface area contributed by atoms with Crippen molar-refractivity contribution < 1.29 is 56.1 Å². The van der Waals surface area contributed by atoms with Gasteiger partial charge in [-0.15, -0.1) is 0 Å². The van der Waals surface area contributed by atoms with Gasteiger partial charge in [-0.05, 0) is 12.1 Å². The molecule has 3 atom stereocenters. The van der Waals surface area contributed by atoms with Crippen LogP contribution < -0.4 is 10.6 Å². The van der Waals surface area contributed by atoms with Crippen LogP contribution >= 0.6 is 15.6 Å². The number of carbonyl (C=O) groups excluding carboxylic acids is 1. The second-order valence-electron chi connectivity index (χ2n) is 7.57. The van der Waals surface area contributed by atoms with Gasteiger partial charge in [-0.1, -0.05) is 0 Å². The molecule has 1 aliphatic rings. The average molecular weight is 566 g/mol. The van der Waals surface area contributed by atoms with Crippen LogP contribution in [0.1, 0.15) is 12.6 Å². The molecule has 0 spiro atoms. The number of ether oxygens (including phenoxy) is 1. The summed E-state index contributed by atoms with van der Waals surface area (Å²) in [4.78, 5) is 60.7. The fourth-order valence-electron chi connectivity index (χ4n) is 3.53. The second-order valence-corrected chi connectivity index (χ2v) is 10.0. The Morgan fingerprint density at radius 1 is 1.08 bits per heavy atom. The fourth-order valence-corrected chi connectivity index (χ4v) is 4.44. The number of nitrogens with one attached hydrogen (secondary N) is 2. The third kappa shape index (κ3) is 7.10. The maximum Gasteiger partial charge on any atom is 0.469 e. The Bertz CT molecular complexity index is 1390. The predicted octanol–water partition coefficient (Wildman–Crippen LogP) is 1.62. The quantitative estimate of drug-likeness (QED) is 0.213. The predicted molar refractivity (Wildman–Crippen MR) is 118 cm³/mol. The fraction of sp³-hybridized carbons (Fsp3) is 0.294. The Hall–Kier alpha value is -2.92. The van der Waals surface area contributed by atoms with Gasteiger partial charge in [0.15, 0.2) is 17.0 Å². The first-order chi connectivity index (χ1) is 17.3. The number of hydrogen-bond acceptors (Lipinski definition) is 9. The van der Waals surface area contributed by atoms with Gasteiger partial charge in [0, 0.05) is 18.2 Å². The monoisotopic (exact) mass is 566 g/mol. The Balaban J connectivity index is 1.53. The number of amides is 2. The minimum Gasteiger partial charge on any atom is -0.349 e. The normalized spacial score (nSPS) is 20.3. The number of hydrogen-bond donors (Lipinski definition) is 6. The molecular formula is C17H18F2N6O10P2. The summed E-state index contributed by atoms with van der Waals surface area (Å²) < 4.78 is 65.2. The van der Waals surface area contributed by atoms with Crippen LogP contribution in [0.4, 0.5) is 25.1 Å². The number of phosphoric acid groups is 2. The van der Waals surface area contributed by atoms with Gasteiger partial charge in [-0.3, -0.25) is 18.9 Å². The molecular weight excluding hydrogens is 548 g/mol. The molecule has 1 saturated heterocycles. The molecule has 2 aromatic heterocycles. The number of rotatable bonds is 8. The highest BCUT2D eigenvalue weighted by molar-refractivity contribution is 7.46. The van der Waals surface area contributed by atoms with Crippen molar-refractivity contribution in [2.75, 3.05) is 17.2 Å². The lowest BCUT2D eigenvalue weighted by Gasteiger charge is -2.19. The topological polar surface area (TPSA) is 227 Å². The molecule has 0 saturated carbocycles. The molecule has 1 aromatic carbocycles. The van der Waals surface area contributed by atoms with Gasteiger partial charge in [0.2, 0.25) is 0 Å². The van der Waals surface area contributed by atoms with Crippen LogP contribution in [0.5, 0.6) is 0 Å². The van der Waals surface area contributed by atoms with Crippen molar-refractivity contribution in [1.29, 1.82) is 0 Å². The summed E-state index contributed by atoms with van der Waals surface area (Å²) in [6.45, 7) is -0.749. The van der Waals surface area contributed by atoms with Crippen LogP contribution in [0.15, 0.2) is 30.9 Å². The maximum atomic E-state index is 13.4. The standard InChI is InChI=1S/C17H18F2N6O10P2/c18-8-1-9(19)3-10(2-8)23-17(26)24-15-14-16(21-6-20-15)25(7-22-14)13-4-11(35-37(30,31)32)12(34-13)5-33-36(27,28)29/h1-3,6-7,11-13H,4-5H2,(H2,27,28,29)(H2,30,31,32)(H2,20,21,23,24,26)/t11-,12+,13+/m0/s1. The number of carbonyl (C=O) groups is 1. The molecule has 0 aliphatic carbocycles. The van der Waals surface area contributed by atoms with Crippen LogP contribution in [-0.4, -0.2) is 63.9 Å². The molecule has 3 heterocycles. The Morgan fingerprint density at radius 2 is 1.78 bits per heavy atom. The van der Waals surface area contributed by atoms with Gasteiger partial charge in [0.1, 0.15) is 36.4 Å². The molecule has 0 bridgehead atoms. The van der Waals surface area contributed by atoms with Crippen LogP contribution in [0.3, 0.4) is 0 Å². The zero-order valence-corrected chi connectivity index (χ0v) is 20.0. The molecule has 4 rings (SSSR count). The SMILES string of the molecule is O=C(Nc1cc(F)cc(F)c1)Nc1ncnc2c1ncn2[C@H]1C[C@H](OP(=O)(O)O)[C@@H](COP(=O)(O)O)O1. The Kier molecular flexibility index (Phi) is 7.66. The van der Waals surface area contributed by atoms with Crippen molar-refractivity contribution in [3.05, 3.63) is 42.5 Å². The number of aromatic nitrogens is 4. The van der Waals surface area contributed by atoms with Crippen molar-refractivity contribution in [2.24, 2.45) is 0 Å². The Morgan fingerprint density at radius 3 is 2.43 bits per heavy atom. The van der Waals surface area contributed by atoms with E-state index in [0.29, 0.717) is 6.07 Å². The molecule has 2 amide bonds. The maximum absolute atomic E-state index is 13.4. The van der Waals surface area contributed by atoms with Crippen molar-refractivity contribution in [1.82, 2.24) is 19.5 Å². The summed E-state index contributed by atoms with van der Waals surface area (Å²) in [6, 6.07) is 1.52. The van der Waals surface area contributed by atoms with Crippen LogP contribution in [-0.2, 0) is 22.9 Å². The van der Waals surface area contributed by atoms with Gasteiger partial charge in [-0.25, -0.2) is 37.7 Å². The molecule has 1 fully saturated rings. The molecule has 16 nitrogen and oxygen atoms in total. The minimum absolute atomic E-state index is 0.0500. The van der Waals surface area contributed by atoms with E-state index < -0.39 is 58.4 Å². The van der Waals surface area contributed by atoms with Gasteiger partial charge in [0.25, 0.3) is 0 Å². The van der Waals surface area contributed by atoms with Gasteiger partial charge < -0.3 is 29.6 Å². The molecule has 200 valence electrons. The lowest BCUT2D eigenvalue weighted by molar-refractivity contribution is -0.0417. The summed E-state index contributed by atoms with van der Waals surface area (Å²) in [6.07, 6.45) is -1.57. The number of anilines is 2. The zero-order valence-electron chi connectivity index (χ0n) is 18.2. The molecule has 0 unspecified atom stereocenters. The van der Waals surface area contributed by atoms with Crippen molar-refractivity contribution >= 4 is 44.3 Å². The molecule has 3 aromatic rings. The zero-order chi connectivity index (χ0) is 27.0. The van der Waals surface area contributed by atoms with Crippen LogP contribution in [0.2, 0.25) is 0 Å². The van der Waals surface area contributed by atoms with E-state index in [1.54, 1.807) is 0 Å². The van der Waals surface area contributed by atoms with E-state index >= 15 is 0 Å². The summed E-state index contributed by atoms with van der Waals surface area (Å²) in [5.41, 5.74) is -0.0162. The first-order valence-corrected chi connectivity index (χ1v) is 13.1.